The van der Waals surface area contributed by atoms with Gasteiger partial charge >= 0.3 is 0 Å². The highest BCUT2D eigenvalue weighted by atomic mass is 16.6. The first kappa shape index (κ1) is 20.1. The molecule has 0 radical (unpaired) electrons. The van der Waals surface area contributed by atoms with E-state index in [0.29, 0.717) is 19.8 Å². The van der Waals surface area contributed by atoms with Gasteiger partial charge in [0.15, 0.2) is 6.23 Å². The van der Waals surface area contributed by atoms with Crippen LogP contribution in [0.5, 0.6) is 5.75 Å². The molecular weight excluding hydrogens is 366 g/mol. The fourth-order valence-electron chi connectivity index (χ4n) is 3.68. The fourth-order valence-corrected chi connectivity index (χ4v) is 3.68. The molecule has 0 saturated carbocycles. The molecule has 0 spiro atoms. The highest BCUT2D eigenvalue weighted by Crippen LogP contribution is 2.27. The van der Waals surface area contributed by atoms with Gasteiger partial charge in [0.1, 0.15) is 18.5 Å². The topological polar surface area (TPSA) is 49.3 Å². The van der Waals surface area contributed by atoms with Crippen LogP contribution in [0.1, 0.15) is 24.0 Å². The van der Waals surface area contributed by atoms with E-state index < -0.39 is 0 Å². The summed E-state index contributed by atoms with van der Waals surface area (Å²) in [5, 5.41) is 0. The van der Waals surface area contributed by atoms with Gasteiger partial charge in [0.2, 0.25) is 0 Å². The molecule has 0 amide bonds. The smallest absolute Gasteiger partial charge is 0.182 e. The Labute approximate surface area is 172 Å². The molecule has 154 valence electrons. The quantitative estimate of drug-likeness (QED) is 0.667. The lowest BCUT2D eigenvalue weighted by atomic mass is 9.97. The molecule has 2 aliphatic rings. The van der Waals surface area contributed by atoms with Crippen LogP contribution in [-0.2, 0) is 14.2 Å². The second-order valence-corrected chi connectivity index (χ2v) is 7.68. The lowest BCUT2D eigenvalue weighted by Gasteiger charge is -2.15. The Morgan fingerprint density at radius 1 is 1.03 bits per heavy atom. The van der Waals surface area contributed by atoms with Crippen molar-refractivity contribution >= 4 is 6.21 Å². The average Bonchev–Trinajstić information content (AvgIpc) is 3.41. The van der Waals surface area contributed by atoms with Crippen LogP contribution < -0.4 is 4.74 Å². The number of aryl methyl sites for hydroxylation is 1. The van der Waals surface area contributed by atoms with Gasteiger partial charge in [-0.15, -0.1) is 0 Å². The summed E-state index contributed by atoms with van der Waals surface area (Å²) in [5.41, 5.74) is 5.05. The zero-order chi connectivity index (χ0) is 20.1. The lowest BCUT2D eigenvalue weighted by molar-refractivity contribution is -0.0413. The van der Waals surface area contributed by atoms with Crippen LogP contribution in [0.25, 0.3) is 11.1 Å². The molecule has 2 unspecified atom stereocenters. The van der Waals surface area contributed by atoms with Gasteiger partial charge in [0.25, 0.3) is 0 Å². The second-order valence-electron chi connectivity index (χ2n) is 7.68. The molecule has 0 N–H and O–H groups in total. The number of ether oxygens (including phenoxy) is 4. The van der Waals surface area contributed by atoms with Crippen molar-refractivity contribution in [3.05, 3.63) is 53.6 Å². The highest BCUT2D eigenvalue weighted by molar-refractivity contribution is 5.69. The Hall–Kier alpha value is -2.21. The molecule has 29 heavy (non-hydrogen) atoms. The van der Waals surface area contributed by atoms with Gasteiger partial charge in [0.05, 0.1) is 19.3 Å². The number of rotatable bonds is 8. The number of benzene rings is 2. The van der Waals surface area contributed by atoms with Crippen LogP contribution in [0.3, 0.4) is 0 Å². The molecule has 0 aromatic heterocycles. The van der Waals surface area contributed by atoms with Crippen LogP contribution in [0.15, 0.2) is 47.5 Å². The fraction of sp³-hybridized carbons (Fsp3) is 0.458. The first-order valence-corrected chi connectivity index (χ1v) is 10.4. The zero-order valence-electron chi connectivity index (χ0n) is 17.2. The van der Waals surface area contributed by atoms with Crippen molar-refractivity contribution in [2.24, 2.45) is 4.99 Å². The summed E-state index contributed by atoms with van der Waals surface area (Å²) >= 11 is 0. The summed E-state index contributed by atoms with van der Waals surface area (Å²) in [5.74, 6) is 0.816. The monoisotopic (exact) mass is 395 g/mol. The highest BCUT2D eigenvalue weighted by Gasteiger charge is 2.22. The molecule has 2 aliphatic heterocycles. The Morgan fingerprint density at radius 2 is 1.90 bits per heavy atom. The predicted octanol–water partition coefficient (Wildman–Crippen LogP) is 4.34. The normalized spacial score (nSPS) is 23.6. The van der Waals surface area contributed by atoms with Crippen molar-refractivity contribution in [2.45, 2.75) is 45.1 Å². The van der Waals surface area contributed by atoms with E-state index in [4.69, 9.17) is 18.9 Å². The SMILES string of the molecule is Cc1cccc(-c2ccc(OC[C@H]3N=CC(COCC4CCCO4)O3)cc2)c1C. The molecule has 3 atom stereocenters. The third-order valence-corrected chi connectivity index (χ3v) is 5.52. The molecule has 5 heteroatoms. The summed E-state index contributed by atoms with van der Waals surface area (Å²) in [6.07, 6.45) is 3.85. The minimum absolute atomic E-state index is 0.114. The van der Waals surface area contributed by atoms with Crippen molar-refractivity contribution in [2.75, 3.05) is 26.4 Å². The van der Waals surface area contributed by atoms with Crippen molar-refractivity contribution < 1.29 is 18.9 Å². The second kappa shape index (κ2) is 9.53. The lowest BCUT2D eigenvalue weighted by Crippen LogP contribution is -2.25. The Balaban J connectivity index is 1.21. The Bertz CT molecular complexity index is 827. The molecular formula is C24H29NO4. The van der Waals surface area contributed by atoms with Gasteiger partial charge in [-0.05, 0) is 61.1 Å². The molecule has 2 aromatic carbocycles. The van der Waals surface area contributed by atoms with E-state index in [2.05, 4.69) is 49.2 Å². The van der Waals surface area contributed by atoms with Gasteiger partial charge < -0.3 is 18.9 Å². The number of aliphatic imine (C=N–C) groups is 1. The van der Waals surface area contributed by atoms with E-state index in [0.717, 1.165) is 25.2 Å². The van der Waals surface area contributed by atoms with E-state index in [9.17, 15) is 0 Å². The average molecular weight is 395 g/mol. The summed E-state index contributed by atoms with van der Waals surface area (Å²) in [4.78, 5) is 4.39. The van der Waals surface area contributed by atoms with Gasteiger partial charge in [-0.1, -0.05) is 30.3 Å². The maximum absolute atomic E-state index is 5.87. The Kier molecular flexibility index (Phi) is 6.60. The minimum atomic E-state index is -0.287. The molecule has 5 nitrogen and oxygen atoms in total. The number of nitrogens with zero attached hydrogens (tertiary/aromatic N) is 1. The summed E-state index contributed by atoms with van der Waals surface area (Å²) in [6, 6.07) is 14.6. The maximum Gasteiger partial charge on any atom is 0.182 e. The summed E-state index contributed by atoms with van der Waals surface area (Å²) in [7, 11) is 0. The standard InChI is InChI=1S/C24H29NO4/c1-17-5-3-7-23(18(17)2)19-8-10-20(11-9-19)28-16-24-25-13-22(29-24)15-26-14-21-6-4-12-27-21/h3,5,7-11,13,21-22,24H,4,6,12,14-16H2,1-2H3/t21?,22?,24-/m0/s1. The van der Waals surface area contributed by atoms with Gasteiger partial charge in [-0.2, -0.15) is 0 Å². The molecule has 1 saturated heterocycles. The predicted molar refractivity (Wildman–Crippen MR) is 114 cm³/mol. The van der Waals surface area contributed by atoms with Gasteiger partial charge in [-0.25, -0.2) is 0 Å². The number of hydrogen-bond donors (Lipinski definition) is 0. The van der Waals surface area contributed by atoms with Crippen LogP contribution in [-0.4, -0.2) is 51.1 Å². The largest absolute Gasteiger partial charge is 0.489 e. The zero-order valence-corrected chi connectivity index (χ0v) is 17.2. The van der Waals surface area contributed by atoms with E-state index in [1.807, 2.05) is 18.3 Å². The third-order valence-electron chi connectivity index (χ3n) is 5.52. The van der Waals surface area contributed by atoms with Crippen LogP contribution in [0, 0.1) is 13.8 Å². The van der Waals surface area contributed by atoms with E-state index in [1.165, 1.54) is 22.3 Å². The number of hydrogen-bond acceptors (Lipinski definition) is 5. The van der Waals surface area contributed by atoms with E-state index >= 15 is 0 Å². The first-order chi connectivity index (χ1) is 14.2. The van der Waals surface area contributed by atoms with Crippen molar-refractivity contribution in [1.82, 2.24) is 0 Å². The molecule has 0 aliphatic carbocycles. The third kappa shape index (κ3) is 5.24. The molecule has 1 fully saturated rings. The van der Waals surface area contributed by atoms with Gasteiger partial charge in [-0.3, -0.25) is 4.99 Å². The molecule has 0 bridgehead atoms. The van der Waals surface area contributed by atoms with Crippen LogP contribution >= 0.6 is 0 Å². The summed E-state index contributed by atoms with van der Waals surface area (Å²) in [6.45, 7) is 6.67. The van der Waals surface area contributed by atoms with Crippen molar-refractivity contribution in [3.63, 3.8) is 0 Å². The minimum Gasteiger partial charge on any atom is -0.489 e. The van der Waals surface area contributed by atoms with Crippen molar-refractivity contribution in [1.29, 1.82) is 0 Å². The van der Waals surface area contributed by atoms with Gasteiger partial charge in [0, 0.05) is 12.8 Å². The Morgan fingerprint density at radius 3 is 2.69 bits per heavy atom. The maximum atomic E-state index is 5.87. The summed E-state index contributed by atoms with van der Waals surface area (Å²) < 4.78 is 23.0. The van der Waals surface area contributed by atoms with E-state index in [-0.39, 0.29) is 18.4 Å². The molecule has 2 heterocycles. The first-order valence-electron chi connectivity index (χ1n) is 10.4. The van der Waals surface area contributed by atoms with Crippen LogP contribution in [0.2, 0.25) is 0 Å². The molecule has 2 aromatic rings. The van der Waals surface area contributed by atoms with E-state index in [1.54, 1.807) is 0 Å². The van der Waals surface area contributed by atoms with Crippen LogP contribution in [0.4, 0.5) is 0 Å². The molecule has 4 rings (SSSR count). The van der Waals surface area contributed by atoms with Crippen molar-refractivity contribution in [3.8, 4) is 16.9 Å².